The smallest absolute Gasteiger partial charge is 0.286 e. The normalized spacial score (nSPS) is 15.2. The van der Waals surface area contributed by atoms with Gasteiger partial charge < -0.3 is 10.3 Å². The van der Waals surface area contributed by atoms with Crippen molar-refractivity contribution < 1.29 is 15.1 Å². The molecule has 0 saturated carbocycles. The molecule has 4 aromatic rings. The molecule has 0 aliphatic carbocycles. The second-order valence-electron chi connectivity index (χ2n) is 8.92. The van der Waals surface area contributed by atoms with Crippen LogP contribution in [0.2, 0.25) is 5.02 Å². The molecule has 0 saturated heterocycles. The average Bonchev–Trinajstić information content (AvgIpc) is 2.99. The second-order valence-corrected chi connectivity index (χ2v) is 9.36. The van der Waals surface area contributed by atoms with Gasteiger partial charge in [-0.15, -0.1) is 4.73 Å². The highest BCUT2D eigenvalue weighted by Crippen LogP contribution is 2.29. The highest BCUT2D eigenvalue weighted by molar-refractivity contribution is 6.31. The predicted molar refractivity (Wildman–Crippen MR) is 139 cm³/mol. The van der Waals surface area contributed by atoms with Crippen molar-refractivity contribution >= 4 is 23.1 Å². The molecule has 1 aliphatic rings. The molecule has 2 N–H and O–H groups in total. The van der Waals surface area contributed by atoms with Gasteiger partial charge in [0.05, 0.1) is 5.71 Å². The van der Waals surface area contributed by atoms with E-state index in [1.165, 1.54) is 12.1 Å². The molecular weight excluding hydrogens is 476 g/mol. The Kier molecular flexibility index (Phi) is 6.20. The van der Waals surface area contributed by atoms with Crippen LogP contribution >= 0.6 is 11.6 Å². The van der Waals surface area contributed by atoms with E-state index in [1.54, 1.807) is 18.2 Å². The maximum Gasteiger partial charge on any atom is 0.286 e. The molecule has 5 rings (SSSR count). The Balaban J connectivity index is 1.64. The fraction of sp³-hybridized carbons (Fsp3) is 0.138. The van der Waals surface area contributed by atoms with Crippen LogP contribution in [0.15, 0.2) is 88.6 Å². The summed E-state index contributed by atoms with van der Waals surface area (Å²) < 4.78 is 0.153. The fourth-order valence-corrected chi connectivity index (χ4v) is 4.77. The van der Waals surface area contributed by atoms with Crippen molar-refractivity contribution in [2.24, 2.45) is 4.99 Å². The molecule has 1 aromatic heterocycles. The fourth-order valence-electron chi connectivity index (χ4n) is 4.60. The molecule has 0 fully saturated rings. The van der Waals surface area contributed by atoms with Crippen molar-refractivity contribution in [3.8, 4) is 17.0 Å². The highest BCUT2D eigenvalue weighted by atomic mass is 35.5. The minimum absolute atomic E-state index is 0.0626. The number of Topliss-reactive ketones (excluding diaryl/α,β-unsaturated/α-hetero) is 1. The summed E-state index contributed by atoms with van der Waals surface area (Å²) in [5.41, 5.74) is 5.38. The minimum Gasteiger partial charge on any atom is -0.492 e. The van der Waals surface area contributed by atoms with Gasteiger partial charge in [0.25, 0.3) is 5.56 Å². The zero-order chi connectivity index (χ0) is 25.4. The van der Waals surface area contributed by atoms with Crippen LogP contribution in [0.1, 0.15) is 27.8 Å². The minimum atomic E-state index is -0.812. The lowest BCUT2D eigenvalue weighted by atomic mass is 9.92. The molecule has 2 heterocycles. The number of pyridine rings is 1. The Labute approximate surface area is 212 Å². The Morgan fingerprint density at radius 3 is 2.53 bits per heavy atom. The number of fused-ring (bicyclic) bond motifs is 1. The van der Waals surface area contributed by atoms with Crippen LogP contribution in [0.25, 0.3) is 11.1 Å². The number of nitrogens with zero attached hydrogens (tertiary/aromatic N) is 2. The number of rotatable bonds is 4. The third kappa shape index (κ3) is 4.55. The number of halogens is 1. The summed E-state index contributed by atoms with van der Waals surface area (Å²) >= 11 is 6.28. The number of hydrogen-bond acceptors (Lipinski definition) is 5. The molecular formula is C29H23ClN2O4. The number of hydrogen-bond donors (Lipinski definition) is 2. The van der Waals surface area contributed by atoms with E-state index < -0.39 is 17.5 Å². The summed E-state index contributed by atoms with van der Waals surface area (Å²) in [6.45, 7) is 2.04. The number of aromatic hydroxyl groups is 1. The van der Waals surface area contributed by atoms with Gasteiger partial charge in [0.15, 0.2) is 5.78 Å². The summed E-state index contributed by atoms with van der Waals surface area (Å²) in [4.78, 5) is 30.5. The molecule has 0 radical (unpaired) electrons. The first-order valence-corrected chi connectivity index (χ1v) is 11.9. The number of ketones is 1. The quantitative estimate of drug-likeness (QED) is 0.387. The number of carbonyl (C=O) groups is 1. The van der Waals surface area contributed by atoms with E-state index in [4.69, 9.17) is 16.6 Å². The molecule has 7 heteroatoms. The molecule has 3 aromatic carbocycles. The van der Waals surface area contributed by atoms with E-state index in [1.807, 2.05) is 49.4 Å². The maximum absolute atomic E-state index is 13.4. The summed E-state index contributed by atoms with van der Waals surface area (Å²) in [6.07, 6.45) is 0.511. The maximum atomic E-state index is 13.4. The van der Waals surface area contributed by atoms with E-state index in [-0.39, 0.29) is 22.5 Å². The Hall–Kier alpha value is -4.16. The van der Waals surface area contributed by atoms with Gasteiger partial charge in [-0.2, -0.15) is 0 Å². The monoisotopic (exact) mass is 498 g/mol. The van der Waals surface area contributed by atoms with Crippen LogP contribution in [0.4, 0.5) is 0 Å². The predicted octanol–water partition coefficient (Wildman–Crippen LogP) is 4.99. The first-order chi connectivity index (χ1) is 17.3. The lowest BCUT2D eigenvalue weighted by molar-refractivity contribution is -0.119. The van der Waals surface area contributed by atoms with E-state index in [9.17, 15) is 19.9 Å². The number of carbonyl (C=O) groups excluding carboxylic acids is 1. The lowest BCUT2D eigenvalue weighted by Crippen LogP contribution is -2.24. The van der Waals surface area contributed by atoms with Gasteiger partial charge >= 0.3 is 0 Å². The number of benzene rings is 3. The average molecular weight is 499 g/mol. The van der Waals surface area contributed by atoms with Gasteiger partial charge in [-0.1, -0.05) is 71.8 Å². The third-order valence-electron chi connectivity index (χ3n) is 6.37. The van der Waals surface area contributed by atoms with Crippen LogP contribution < -0.4 is 5.56 Å². The molecule has 6 nitrogen and oxygen atoms in total. The van der Waals surface area contributed by atoms with Gasteiger partial charge in [-0.05, 0) is 41.3 Å². The topological polar surface area (TPSA) is 91.9 Å². The molecule has 1 atom stereocenters. The van der Waals surface area contributed by atoms with E-state index in [0.29, 0.717) is 22.7 Å². The van der Waals surface area contributed by atoms with E-state index in [0.717, 1.165) is 27.8 Å². The molecule has 1 aliphatic heterocycles. The molecule has 36 heavy (non-hydrogen) atoms. The SMILES string of the molecule is Cc1cccc(-c2ccccc2CC2N=C(c3cc(O)n(O)c(=O)c3)c3cc(Cl)ccc3CC2=O)c1. The molecule has 0 bridgehead atoms. The largest absolute Gasteiger partial charge is 0.492 e. The Morgan fingerprint density at radius 1 is 0.944 bits per heavy atom. The number of aryl methyl sites for hydroxylation is 1. The molecule has 1 unspecified atom stereocenters. The first kappa shape index (κ1) is 23.6. The van der Waals surface area contributed by atoms with Crippen molar-refractivity contribution in [1.82, 2.24) is 4.73 Å². The van der Waals surface area contributed by atoms with E-state index in [2.05, 4.69) is 6.07 Å². The second kappa shape index (κ2) is 9.47. The summed E-state index contributed by atoms with van der Waals surface area (Å²) in [5.74, 6) is -0.687. The van der Waals surface area contributed by atoms with Gasteiger partial charge in [0.2, 0.25) is 5.88 Å². The van der Waals surface area contributed by atoms with Crippen LogP contribution in [0.3, 0.4) is 0 Å². The van der Waals surface area contributed by atoms with Crippen LogP contribution in [0.5, 0.6) is 5.88 Å². The van der Waals surface area contributed by atoms with Crippen LogP contribution in [-0.4, -0.2) is 32.6 Å². The van der Waals surface area contributed by atoms with Gasteiger partial charge in [-0.3, -0.25) is 14.6 Å². The van der Waals surface area contributed by atoms with Gasteiger partial charge in [0, 0.05) is 41.1 Å². The summed E-state index contributed by atoms with van der Waals surface area (Å²) in [6, 6.07) is 23.0. The lowest BCUT2D eigenvalue weighted by Gasteiger charge is -2.15. The standard InChI is InChI=1S/C29H23ClN2O4/c1-17-5-4-7-18(11-17)23-8-3-2-6-19(23)12-25-26(33)13-20-9-10-22(30)16-24(20)29(31-25)21-14-27(34)32(36)28(35)15-21/h2-11,14-16,25,34,36H,12-13H2,1H3. The van der Waals surface area contributed by atoms with Crippen LogP contribution in [-0.2, 0) is 17.6 Å². The Morgan fingerprint density at radius 2 is 1.75 bits per heavy atom. The Bertz CT molecular complexity index is 1590. The molecule has 0 amide bonds. The van der Waals surface area contributed by atoms with Crippen molar-refractivity contribution in [3.63, 3.8) is 0 Å². The van der Waals surface area contributed by atoms with Crippen molar-refractivity contribution in [3.05, 3.63) is 122 Å². The van der Waals surface area contributed by atoms with Crippen molar-refractivity contribution in [2.45, 2.75) is 25.8 Å². The summed E-state index contributed by atoms with van der Waals surface area (Å²) in [7, 11) is 0. The number of aliphatic imine (C=N–C) groups is 1. The van der Waals surface area contributed by atoms with Crippen molar-refractivity contribution in [1.29, 1.82) is 0 Å². The van der Waals surface area contributed by atoms with Crippen molar-refractivity contribution in [2.75, 3.05) is 0 Å². The molecule has 180 valence electrons. The first-order valence-electron chi connectivity index (χ1n) is 11.5. The number of aromatic nitrogens is 1. The zero-order valence-corrected chi connectivity index (χ0v) is 20.2. The third-order valence-corrected chi connectivity index (χ3v) is 6.61. The van der Waals surface area contributed by atoms with E-state index >= 15 is 0 Å². The highest BCUT2D eigenvalue weighted by Gasteiger charge is 2.28. The molecule has 0 spiro atoms. The zero-order valence-electron chi connectivity index (χ0n) is 19.5. The summed E-state index contributed by atoms with van der Waals surface area (Å²) in [5, 5.41) is 20.3. The van der Waals surface area contributed by atoms with Gasteiger partial charge in [-0.25, -0.2) is 0 Å². The van der Waals surface area contributed by atoms with Gasteiger partial charge in [0.1, 0.15) is 6.04 Å². The van der Waals surface area contributed by atoms with Crippen LogP contribution in [0, 0.1) is 6.92 Å².